The molecule has 1 saturated heterocycles. The second-order valence-corrected chi connectivity index (χ2v) is 12.4. The molecule has 0 spiro atoms. The summed E-state index contributed by atoms with van der Waals surface area (Å²) in [7, 11) is -4.85. The summed E-state index contributed by atoms with van der Waals surface area (Å²) < 4.78 is 52.4. The quantitative estimate of drug-likeness (QED) is 0.403. The van der Waals surface area contributed by atoms with E-state index in [4.69, 9.17) is 9.52 Å². The minimum atomic E-state index is -3.89. The molecule has 35 heavy (non-hydrogen) atoms. The molecule has 5 rings (SSSR count). The van der Waals surface area contributed by atoms with Gasteiger partial charge in [-0.05, 0) is 42.5 Å². The summed E-state index contributed by atoms with van der Waals surface area (Å²) in [5, 5.41) is 3.71. The van der Waals surface area contributed by atoms with Crippen molar-refractivity contribution >= 4 is 48.1 Å². The van der Waals surface area contributed by atoms with Gasteiger partial charge in [0.15, 0.2) is 5.65 Å². The van der Waals surface area contributed by atoms with Gasteiger partial charge in [-0.1, -0.05) is 6.07 Å². The molecule has 0 saturated carbocycles. The van der Waals surface area contributed by atoms with Crippen LogP contribution < -0.4 is 15.0 Å². The van der Waals surface area contributed by atoms with Crippen molar-refractivity contribution in [2.45, 2.75) is 4.90 Å². The Morgan fingerprint density at radius 2 is 1.83 bits per heavy atom. The van der Waals surface area contributed by atoms with Crippen molar-refractivity contribution in [2.75, 3.05) is 41.9 Å². The average molecular weight is 513 g/mol. The van der Waals surface area contributed by atoms with Crippen LogP contribution in [0.3, 0.4) is 0 Å². The van der Waals surface area contributed by atoms with E-state index < -0.39 is 19.8 Å². The van der Waals surface area contributed by atoms with Crippen LogP contribution in [0.4, 0.5) is 17.3 Å². The zero-order chi connectivity index (χ0) is 24.6. The van der Waals surface area contributed by atoms with Crippen molar-refractivity contribution in [2.24, 2.45) is 0 Å². The summed E-state index contributed by atoms with van der Waals surface area (Å²) in [6.45, 7) is 1.18. The first-order valence-electron chi connectivity index (χ1n) is 10.9. The number of hydrogen-bond acceptors (Lipinski definition) is 9. The molecule has 1 aliphatic heterocycles. The van der Waals surface area contributed by atoms with E-state index in [0.29, 0.717) is 35.7 Å². The van der Waals surface area contributed by atoms with Gasteiger partial charge in [0.1, 0.15) is 5.75 Å². The number of nitrogens with one attached hydrogen (secondary N) is 2. The van der Waals surface area contributed by atoms with E-state index in [-0.39, 0.29) is 16.5 Å². The second kappa shape index (κ2) is 8.86. The third kappa shape index (κ3) is 4.66. The lowest BCUT2D eigenvalue weighted by atomic mass is 10.2. The minimum absolute atomic E-state index is 0.0945. The van der Waals surface area contributed by atoms with Crippen LogP contribution in [0.1, 0.15) is 0 Å². The number of methoxy groups -OCH3 is 1. The van der Waals surface area contributed by atoms with E-state index in [9.17, 15) is 12.6 Å². The molecule has 0 atom stereocenters. The van der Waals surface area contributed by atoms with E-state index in [0.717, 1.165) is 15.3 Å². The summed E-state index contributed by atoms with van der Waals surface area (Å²) in [5.41, 5.74) is 1.98. The topological polar surface area (TPSA) is 130 Å². The Kier molecular flexibility index (Phi) is 5.85. The number of hydrogen-bond donors (Lipinski definition) is 2. The zero-order valence-electron chi connectivity index (χ0n) is 18.9. The fraction of sp³-hybridized carbons (Fsp3) is 0.217. The lowest BCUT2D eigenvalue weighted by Crippen LogP contribution is -2.39. The summed E-state index contributed by atoms with van der Waals surface area (Å²) in [6, 6.07) is 15.6. The lowest BCUT2D eigenvalue weighted by Gasteiger charge is -2.30. The highest BCUT2D eigenvalue weighted by Gasteiger charge is 2.21. The van der Waals surface area contributed by atoms with E-state index >= 15 is 0 Å². The first-order valence-corrected chi connectivity index (χ1v) is 14.2. The van der Waals surface area contributed by atoms with Crippen molar-refractivity contribution < 1.29 is 17.4 Å². The summed E-state index contributed by atoms with van der Waals surface area (Å²) in [6.07, 6.45) is 3.03. The fourth-order valence-electron chi connectivity index (χ4n) is 3.90. The summed E-state index contributed by atoms with van der Waals surface area (Å²) >= 11 is 0. The van der Waals surface area contributed by atoms with Crippen molar-refractivity contribution in [3.8, 4) is 5.75 Å². The Balaban J connectivity index is 1.39. The molecule has 1 aliphatic rings. The number of aromatic nitrogens is 3. The molecule has 3 heterocycles. The Hall–Kier alpha value is -3.64. The van der Waals surface area contributed by atoms with Crippen molar-refractivity contribution in [1.29, 1.82) is 4.78 Å². The molecular formula is C23H24N6O4S2. The number of rotatable bonds is 6. The highest BCUT2D eigenvalue weighted by atomic mass is 32.2. The van der Waals surface area contributed by atoms with Crippen LogP contribution in [0.5, 0.6) is 5.75 Å². The van der Waals surface area contributed by atoms with Crippen LogP contribution in [0.25, 0.3) is 11.0 Å². The van der Waals surface area contributed by atoms with Gasteiger partial charge in [-0.2, -0.15) is 4.98 Å². The Morgan fingerprint density at radius 3 is 2.54 bits per heavy atom. The van der Waals surface area contributed by atoms with Gasteiger partial charge in [0.2, 0.25) is 5.95 Å². The molecule has 0 unspecified atom stereocenters. The van der Waals surface area contributed by atoms with Crippen LogP contribution in [0, 0.1) is 4.78 Å². The second-order valence-electron chi connectivity index (χ2n) is 8.15. The number of ether oxygens (including phenoxy) is 1. The Bertz CT molecular complexity index is 1580. The summed E-state index contributed by atoms with van der Waals surface area (Å²) in [4.78, 5) is 11.0. The molecule has 0 amide bonds. The standard InChI is InChI=1S/C23H24N6O4S2/c1-33-20-3-2-4-21(15-20)35(31,32)29-10-9-17-16-25-23(27-22(17)29)26-18-5-7-19(8-6-18)28-11-13-34(24,30)14-12-28/h2-10,15-16,24H,11-14H2,1H3,(H,25,26,27). The normalized spacial score (nSPS) is 15.7. The molecule has 2 aromatic heterocycles. The first kappa shape index (κ1) is 23.1. The largest absolute Gasteiger partial charge is 0.497 e. The molecule has 0 aliphatic carbocycles. The molecule has 0 radical (unpaired) electrons. The molecule has 12 heteroatoms. The molecule has 0 bridgehead atoms. The van der Waals surface area contributed by atoms with Crippen LogP contribution >= 0.6 is 0 Å². The van der Waals surface area contributed by atoms with Gasteiger partial charge in [0.25, 0.3) is 10.0 Å². The number of nitrogens with zero attached hydrogens (tertiary/aromatic N) is 4. The molecule has 1 fully saturated rings. The van der Waals surface area contributed by atoms with Gasteiger partial charge in [-0.25, -0.2) is 21.6 Å². The lowest BCUT2D eigenvalue weighted by molar-refractivity contribution is 0.413. The van der Waals surface area contributed by atoms with E-state index in [1.807, 2.05) is 24.3 Å². The highest BCUT2D eigenvalue weighted by Crippen LogP contribution is 2.25. The van der Waals surface area contributed by atoms with Gasteiger partial charge in [-0.3, -0.25) is 4.78 Å². The predicted molar refractivity (Wildman–Crippen MR) is 136 cm³/mol. The van der Waals surface area contributed by atoms with Gasteiger partial charge >= 0.3 is 0 Å². The number of anilines is 3. The van der Waals surface area contributed by atoms with Crippen LogP contribution in [-0.2, 0) is 19.8 Å². The number of fused-ring (bicyclic) bond motifs is 1. The monoisotopic (exact) mass is 512 g/mol. The third-order valence-electron chi connectivity index (χ3n) is 5.86. The third-order valence-corrected chi connectivity index (χ3v) is 9.21. The van der Waals surface area contributed by atoms with E-state index in [1.165, 1.54) is 25.4 Å². The maximum absolute atomic E-state index is 13.3. The Labute approximate surface area is 203 Å². The zero-order valence-corrected chi connectivity index (χ0v) is 20.6. The van der Waals surface area contributed by atoms with Gasteiger partial charge < -0.3 is 15.0 Å². The smallest absolute Gasteiger partial charge is 0.269 e. The molecule has 4 aromatic rings. The molecule has 182 valence electrons. The maximum Gasteiger partial charge on any atom is 0.269 e. The minimum Gasteiger partial charge on any atom is -0.497 e. The van der Waals surface area contributed by atoms with Gasteiger partial charge in [0.05, 0.1) is 12.0 Å². The molecule has 2 aromatic carbocycles. The highest BCUT2D eigenvalue weighted by molar-refractivity contribution is 7.92. The first-order chi connectivity index (χ1) is 16.7. The van der Waals surface area contributed by atoms with Crippen LogP contribution in [-0.4, -0.2) is 58.3 Å². The van der Waals surface area contributed by atoms with Crippen LogP contribution in [0.2, 0.25) is 0 Å². The van der Waals surface area contributed by atoms with E-state index in [2.05, 4.69) is 20.2 Å². The predicted octanol–water partition coefficient (Wildman–Crippen LogP) is 3.29. The average Bonchev–Trinajstić information content (AvgIpc) is 3.29. The summed E-state index contributed by atoms with van der Waals surface area (Å²) in [5.74, 6) is 1.46. The molecule has 10 nitrogen and oxygen atoms in total. The molecular weight excluding hydrogens is 488 g/mol. The SMILES string of the molecule is COc1cccc(S(=O)(=O)n2ccc3cnc(Nc4ccc(N5CCS(=N)(=O)CC5)cc4)nc32)c1. The number of benzene rings is 2. The fourth-order valence-corrected chi connectivity index (χ4v) is 6.47. The van der Waals surface area contributed by atoms with Crippen molar-refractivity contribution in [3.05, 3.63) is 67.0 Å². The van der Waals surface area contributed by atoms with Crippen molar-refractivity contribution in [1.82, 2.24) is 13.9 Å². The van der Waals surface area contributed by atoms with E-state index in [1.54, 1.807) is 24.4 Å². The van der Waals surface area contributed by atoms with Crippen LogP contribution in [0.15, 0.2) is 71.9 Å². The Morgan fingerprint density at radius 1 is 1.09 bits per heavy atom. The van der Waals surface area contributed by atoms with Gasteiger partial charge in [-0.15, -0.1) is 0 Å². The van der Waals surface area contributed by atoms with Crippen molar-refractivity contribution in [3.63, 3.8) is 0 Å². The maximum atomic E-state index is 13.3. The molecule has 2 N–H and O–H groups in total. The van der Waals surface area contributed by atoms with Gasteiger partial charge in [0, 0.05) is 69.5 Å².